The molecule has 0 fully saturated rings. The molecule has 1 rings (SSSR count). The maximum absolute atomic E-state index is 13.7. The Morgan fingerprint density at radius 2 is 1.83 bits per heavy atom. The minimum absolute atomic E-state index is 0.0983. The van der Waals surface area contributed by atoms with E-state index in [2.05, 4.69) is 13.8 Å². The van der Waals surface area contributed by atoms with E-state index in [9.17, 15) is 18.8 Å². The first kappa shape index (κ1) is 25.2. The summed E-state index contributed by atoms with van der Waals surface area (Å²) in [7, 11) is 1.33. The molecular weight excluding hydrogens is 395 g/mol. The van der Waals surface area contributed by atoms with E-state index in [0.29, 0.717) is 31.8 Å². The lowest BCUT2D eigenvalue weighted by Gasteiger charge is -2.32. The fraction of sp³-hybridized carbons (Fsp3) is 0.714. The quantitative estimate of drug-likeness (QED) is 0.312. The van der Waals surface area contributed by atoms with Crippen LogP contribution in [0.25, 0.3) is 0 Å². The van der Waals surface area contributed by atoms with Crippen molar-refractivity contribution in [1.29, 1.82) is 0 Å². The lowest BCUT2D eigenvalue weighted by Crippen LogP contribution is -2.36. The van der Waals surface area contributed by atoms with Crippen LogP contribution in [0.2, 0.25) is 0 Å². The van der Waals surface area contributed by atoms with Crippen LogP contribution in [0, 0.1) is 27.7 Å². The van der Waals surface area contributed by atoms with E-state index in [-0.39, 0.29) is 22.9 Å². The van der Waals surface area contributed by atoms with Crippen LogP contribution in [-0.2, 0) is 16.6 Å². The lowest BCUT2D eigenvalue weighted by molar-refractivity contribution is -0.159. The van der Waals surface area contributed by atoms with E-state index in [1.807, 2.05) is 20.8 Å². The number of unbranched alkanes of at least 4 members (excludes halogenated alkanes) is 2. The van der Waals surface area contributed by atoms with Crippen molar-refractivity contribution in [1.82, 2.24) is 9.13 Å². The van der Waals surface area contributed by atoms with E-state index in [4.69, 9.17) is 17.0 Å². The fourth-order valence-electron chi connectivity index (χ4n) is 3.22. The van der Waals surface area contributed by atoms with Crippen LogP contribution in [-0.4, -0.2) is 27.6 Å². The molecule has 0 radical (unpaired) electrons. The van der Waals surface area contributed by atoms with Gasteiger partial charge < -0.3 is 4.74 Å². The largest absolute Gasteiger partial charge is 0.465 e. The average molecular weight is 429 g/mol. The maximum Gasteiger partial charge on any atom is 0.335 e. The predicted octanol–water partition coefficient (Wildman–Crippen LogP) is 4.51. The molecule has 0 aliphatic heterocycles. The Hall–Kier alpha value is -1.83. The topological polar surface area (TPSA) is 70.3 Å². The zero-order valence-corrected chi connectivity index (χ0v) is 19.1. The lowest BCUT2D eigenvalue weighted by atomic mass is 9.73. The SMILES string of the molecule is CC(C)CC(C)(C(=O)OCCCCCC(=O)n1cc(F)c(=S)n(C)c1=O)C(C)C. The molecule has 1 aromatic heterocycles. The van der Waals surface area contributed by atoms with Crippen molar-refractivity contribution in [3.05, 3.63) is 27.1 Å². The summed E-state index contributed by atoms with van der Waals surface area (Å²) in [6.45, 7) is 10.5. The molecule has 1 heterocycles. The Bertz CT molecular complexity index is 844. The first-order valence-corrected chi connectivity index (χ1v) is 10.5. The van der Waals surface area contributed by atoms with Crippen molar-refractivity contribution in [3.8, 4) is 0 Å². The van der Waals surface area contributed by atoms with Crippen LogP contribution >= 0.6 is 12.2 Å². The summed E-state index contributed by atoms with van der Waals surface area (Å²) in [5.74, 6) is -0.879. The van der Waals surface area contributed by atoms with Crippen molar-refractivity contribution in [2.75, 3.05) is 6.61 Å². The van der Waals surface area contributed by atoms with Gasteiger partial charge in [0.15, 0.2) is 5.82 Å². The molecule has 1 atom stereocenters. The molecular formula is C21H33FN2O4S. The zero-order valence-electron chi connectivity index (χ0n) is 18.3. The summed E-state index contributed by atoms with van der Waals surface area (Å²) < 4.78 is 20.6. The number of rotatable bonds is 10. The van der Waals surface area contributed by atoms with Gasteiger partial charge in [-0.1, -0.05) is 39.9 Å². The second-order valence-electron chi connectivity index (χ2n) is 8.50. The second kappa shape index (κ2) is 10.8. The standard InChI is InChI=1S/C21H33FN2O4S/c1-14(2)12-21(5,15(3)4)19(26)28-11-9-7-8-10-17(25)24-13-16(22)18(29)23(6)20(24)27/h13-15H,7-12H2,1-6H3. The number of carbonyl (C=O) groups is 2. The van der Waals surface area contributed by atoms with Gasteiger partial charge in [-0.05, 0) is 44.4 Å². The van der Waals surface area contributed by atoms with Crippen LogP contribution in [0.3, 0.4) is 0 Å². The minimum Gasteiger partial charge on any atom is -0.465 e. The van der Waals surface area contributed by atoms with Crippen molar-refractivity contribution in [2.24, 2.45) is 24.3 Å². The summed E-state index contributed by atoms with van der Waals surface area (Å²) in [5.41, 5.74) is -1.17. The van der Waals surface area contributed by atoms with Crippen LogP contribution in [0.15, 0.2) is 11.0 Å². The van der Waals surface area contributed by atoms with Crippen molar-refractivity contribution in [3.63, 3.8) is 0 Å². The van der Waals surface area contributed by atoms with Crippen molar-refractivity contribution >= 4 is 24.1 Å². The molecule has 0 aromatic carbocycles. The third kappa shape index (κ3) is 6.59. The van der Waals surface area contributed by atoms with Crippen LogP contribution < -0.4 is 5.69 Å². The highest BCUT2D eigenvalue weighted by Gasteiger charge is 2.38. The van der Waals surface area contributed by atoms with E-state index < -0.39 is 22.8 Å². The Balaban J connectivity index is 2.48. The Morgan fingerprint density at radius 3 is 2.38 bits per heavy atom. The number of ether oxygens (including phenoxy) is 1. The average Bonchev–Trinajstić information content (AvgIpc) is 2.64. The first-order chi connectivity index (χ1) is 13.4. The Morgan fingerprint density at radius 1 is 1.21 bits per heavy atom. The van der Waals surface area contributed by atoms with Gasteiger partial charge in [0.05, 0.1) is 18.2 Å². The summed E-state index contributed by atoms with van der Waals surface area (Å²) in [4.78, 5) is 36.8. The number of nitrogens with zero attached hydrogens (tertiary/aromatic N) is 2. The van der Waals surface area contributed by atoms with Gasteiger partial charge in [-0.3, -0.25) is 14.2 Å². The molecule has 0 amide bonds. The van der Waals surface area contributed by atoms with Crippen LogP contribution in [0.1, 0.15) is 71.5 Å². The third-order valence-corrected chi connectivity index (χ3v) is 5.82. The van der Waals surface area contributed by atoms with Gasteiger partial charge in [-0.2, -0.15) is 0 Å². The molecule has 0 spiro atoms. The summed E-state index contributed by atoms with van der Waals surface area (Å²) in [6, 6.07) is 0. The van der Waals surface area contributed by atoms with E-state index in [0.717, 1.165) is 21.8 Å². The number of aromatic nitrogens is 2. The van der Waals surface area contributed by atoms with Crippen LogP contribution in [0.5, 0.6) is 0 Å². The van der Waals surface area contributed by atoms with Gasteiger partial charge in [0.2, 0.25) is 5.91 Å². The van der Waals surface area contributed by atoms with Crippen LogP contribution in [0.4, 0.5) is 4.39 Å². The van der Waals surface area contributed by atoms with E-state index in [1.165, 1.54) is 7.05 Å². The Kier molecular flexibility index (Phi) is 9.39. The molecule has 0 saturated heterocycles. The molecule has 0 aliphatic rings. The number of esters is 1. The summed E-state index contributed by atoms with van der Waals surface area (Å²) in [6.07, 6.45) is 3.50. The molecule has 0 N–H and O–H groups in total. The highest BCUT2D eigenvalue weighted by Crippen LogP contribution is 2.35. The number of hydrogen-bond acceptors (Lipinski definition) is 5. The molecule has 1 unspecified atom stereocenters. The Labute approximate surface area is 177 Å². The van der Waals surface area contributed by atoms with Crippen molar-refractivity contribution in [2.45, 2.75) is 66.7 Å². The zero-order chi connectivity index (χ0) is 22.4. The smallest absolute Gasteiger partial charge is 0.335 e. The third-order valence-electron chi connectivity index (χ3n) is 5.35. The number of halogens is 1. The second-order valence-corrected chi connectivity index (χ2v) is 8.89. The highest BCUT2D eigenvalue weighted by atomic mass is 32.1. The van der Waals surface area contributed by atoms with Crippen molar-refractivity contribution < 1.29 is 18.7 Å². The molecule has 0 bridgehead atoms. The molecule has 29 heavy (non-hydrogen) atoms. The molecule has 8 heteroatoms. The van der Waals surface area contributed by atoms with E-state index in [1.54, 1.807) is 0 Å². The van der Waals surface area contributed by atoms with Gasteiger partial charge in [0.25, 0.3) is 0 Å². The minimum atomic E-state index is -0.781. The van der Waals surface area contributed by atoms with Gasteiger partial charge in [0.1, 0.15) is 4.64 Å². The van der Waals surface area contributed by atoms with Gasteiger partial charge >= 0.3 is 11.7 Å². The highest BCUT2D eigenvalue weighted by molar-refractivity contribution is 7.71. The van der Waals surface area contributed by atoms with E-state index >= 15 is 0 Å². The van der Waals surface area contributed by atoms with Gasteiger partial charge in [-0.25, -0.2) is 13.8 Å². The predicted molar refractivity (Wildman–Crippen MR) is 113 cm³/mol. The maximum atomic E-state index is 13.7. The van der Waals surface area contributed by atoms with Gasteiger partial charge in [-0.15, -0.1) is 0 Å². The number of hydrogen-bond donors (Lipinski definition) is 0. The first-order valence-electron chi connectivity index (χ1n) is 10.1. The molecule has 0 aliphatic carbocycles. The normalized spacial score (nSPS) is 13.6. The molecule has 1 aromatic rings. The fourth-order valence-corrected chi connectivity index (χ4v) is 3.35. The molecule has 0 saturated carbocycles. The summed E-state index contributed by atoms with van der Waals surface area (Å²) >= 11 is 4.77. The monoisotopic (exact) mass is 428 g/mol. The molecule has 6 nitrogen and oxygen atoms in total. The molecule has 164 valence electrons. The number of carbonyl (C=O) groups excluding carboxylic acids is 2. The van der Waals surface area contributed by atoms with Gasteiger partial charge in [0, 0.05) is 13.5 Å². The summed E-state index contributed by atoms with van der Waals surface area (Å²) in [5, 5.41) is 0.